The van der Waals surface area contributed by atoms with Gasteiger partial charge in [-0.15, -0.1) is 0 Å². The van der Waals surface area contributed by atoms with E-state index in [2.05, 4.69) is 24.3 Å². The molecular weight excluding hydrogens is 236 g/mol. The van der Waals surface area contributed by atoms with E-state index in [0.717, 1.165) is 12.8 Å². The highest BCUT2D eigenvalue weighted by Gasteiger charge is 2.23. The van der Waals surface area contributed by atoms with Crippen molar-refractivity contribution in [2.24, 2.45) is 5.92 Å². The molecule has 0 spiro atoms. The molecule has 96 valence electrons. The molecule has 0 aliphatic heterocycles. The number of fused-ring (bicyclic) bond motifs is 1. The highest BCUT2D eigenvalue weighted by atomic mass is 16.5. The van der Waals surface area contributed by atoms with Crippen LogP contribution in [0.1, 0.15) is 17.5 Å². The first-order valence-electron chi connectivity index (χ1n) is 6.64. The van der Waals surface area contributed by atoms with Crippen LogP contribution in [0.4, 0.5) is 0 Å². The lowest BCUT2D eigenvalue weighted by Gasteiger charge is -2.08. The summed E-state index contributed by atoms with van der Waals surface area (Å²) < 4.78 is 5.34. The van der Waals surface area contributed by atoms with Crippen LogP contribution < -0.4 is 4.74 Å². The Hall–Kier alpha value is -2.09. The second-order valence-corrected chi connectivity index (χ2v) is 5.03. The SMILES string of the molecule is O=C(CC1Cc2ccccc2C1)Oc1ccccc1. The molecule has 0 saturated carbocycles. The highest BCUT2D eigenvalue weighted by Crippen LogP contribution is 2.28. The standard InChI is InChI=1S/C17H16O2/c18-17(19-16-8-2-1-3-9-16)12-13-10-14-6-4-5-7-15(14)11-13/h1-9,13H,10-12H2. The van der Waals surface area contributed by atoms with Crippen LogP contribution in [-0.2, 0) is 17.6 Å². The Balaban J connectivity index is 1.58. The predicted molar refractivity (Wildman–Crippen MR) is 74.0 cm³/mol. The molecule has 2 nitrogen and oxygen atoms in total. The molecule has 1 aliphatic carbocycles. The van der Waals surface area contributed by atoms with Crippen molar-refractivity contribution in [1.29, 1.82) is 0 Å². The van der Waals surface area contributed by atoms with Crippen molar-refractivity contribution in [3.05, 3.63) is 65.7 Å². The van der Waals surface area contributed by atoms with Gasteiger partial charge in [0, 0.05) is 6.42 Å². The molecular formula is C17H16O2. The van der Waals surface area contributed by atoms with E-state index in [0.29, 0.717) is 18.1 Å². The van der Waals surface area contributed by atoms with Gasteiger partial charge in [-0.25, -0.2) is 0 Å². The topological polar surface area (TPSA) is 26.3 Å². The van der Waals surface area contributed by atoms with Gasteiger partial charge in [0.15, 0.2) is 0 Å². The normalized spacial score (nSPS) is 14.1. The zero-order valence-corrected chi connectivity index (χ0v) is 10.7. The average molecular weight is 252 g/mol. The maximum absolute atomic E-state index is 11.9. The van der Waals surface area contributed by atoms with Crippen molar-refractivity contribution in [2.75, 3.05) is 0 Å². The maximum Gasteiger partial charge on any atom is 0.311 e. The van der Waals surface area contributed by atoms with E-state index >= 15 is 0 Å². The minimum atomic E-state index is -0.135. The Labute approximate surface area is 113 Å². The third-order valence-corrected chi connectivity index (χ3v) is 3.57. The molecule has 2 heteroatoms. The first-order valence-corrected chi connectivity index (χ1v) is 6.64. The highest BCUT2D eigenvalue weighted by molar-refractivity contribution is 5.72. The third kappa shape index (κ3) is 2.84. The van der Waals surface area contributed by atoms with Crippen LogP contribution in [-0.4, -0.2) is 5.97 Å². The Bertz CT molecular complexity index is 550. The van der Waals surface area contributed by atoms with Gasteiger partial charge in [-0.05, 0) is 42.0 Å². The monoisotopic (exact) mass is 252 g/mol. The van der Waals surface area contributed by atoms with Crippen molar-refractivity contribution >= 4 is 5.97 Å². The van der Waals surface area contributed by atoms with Gasteiger partial charge in [-0.1, -0.05) is 42.5 Å². The van der Waals surface area contributed by atoms with E-state index < -0.39 is 0 Å². The average Bonchev–Trinajstić information content (AvgIpc) is 2.81. The molecule has 2 aromatic carbocycles. The molecule has 0 bridgehead atoms. The summed E-state index contributed by atoms with van der Waals surface area (Å²) in [4.78, 5) is 11.9. The first-order chi connectivity index (χ1) is 9.31. The summed E-state index contributed by atoms with van der Waals surface area (Å²) >= 11 is 0. The van der Waals surface area contributed by atoms with Crippen molar-refractivity contribution in [3.63, 3.8) is 0 Å². The molecule has 3 rings (SSSR count). The van der Waals surface area contributed by atoms with Gasteiger partial charge in [0.2, 0.25) is 0 Å². The van der Waals surface area contributed by atoms with E-state index in [4.69, 9.17) is 4.74 Å². The van der Waals surface area contributed by atoms with Crippen LogP contribution in [0.2, 0.25) is 0 Å². The van der Waals surface area contributed by atoms with Crippen molar-refractivity contribution in [3.8, 4) is 5.75 Å². The van der Waals surface area contributed by atoms with Crippen LogP contribution in [0.5, 0.6) is 5.75 Å². The van der Waals surface area contributed by atoms with Crippen LogP contribution in [0.15, 0.2) is 54.6 Å². The Morgan fingerprint density at radius 2 is 1.53 bits per heavy atom. The Morgan fingerprint density at radius 3 is 2.16 bits per heavy atom. The number of ether oxygens (including phenoxy) is 1. The number of hydrogen-bond acceptors (Lipinski definition) is 2. The molecule has 1 aliphatic rings. The van der Waals surface area contributed by atoms with Gasteiger partial charge >= 0.3 is 5.97 Å². The number of carbonyl (C=O) groups is 1. The largest absolute Gasteiger partial charge is 0.427 e. The molecule has 0 amide bonds. The molecule has 19 heavy (non-hydrogen) atoms. The Kier molecular flexibility index (Phi) is 3.32. The van der Waals surface area contributed by atoms with Gasteiger partial charge in [-0.2, -0.15) is 0 Å². The fourth-order valence-corrected chi connectivity index (χ4v) is 2.69. The summed E-state index contributed by atoms with van der Waals surface area (Å²) in [6.07, 6.45) is 2.46. The second kappa shape index (κ2) is 5.27. The zero-order valence-electron chi connectivity index (χ0n) is 10.7. The van der Waals surface area contributed by atoms with E-state index in [9.17, 15) is 4.79 Å². The minimum Gasteiger partial charge on any atom is -0.427 e. The molecule has 0 unspecified atom stereocenters. The Morgan fingerprint density at radius 1 is 0.947 bits per heavy atom. The molecule has 0 aromatic heterocycles. The molecule has 0 N–H and O–H groups in total. The smallest absolute Gasteiger partial charge is 0.311 e. The molecule has 0 heterocycles. The summed E-state index contributed by atoms with van der Waals surface area (Å²) in [5.74, 6) is 0.876. The number of carbonyl (C=O) groups excluding carboxylic acids is 1. The molecule has 0 fully saturated rings. The summed E-state index contributed by atoms with van der Waals surface area (Å²) in [5, 5.41) is 0. The van der Waals surface area contributed by atoms with Crippen molar-refractivity contribution in [1.82, 2.24) is 0 Å². The fourth-order valence-electron chi connectivity index (χ4n) is 2.69. The molecule has 0 atom stereocenters. The number of benzene rings is 2. The van der Waals surface area contributed by atoms with Crippen LogP contribution >= 0.6 is 0 Å². The predicted octanol–water partition coefficient (Wildman–Crippen LogP) is 3.40. The number of hydrogen-bond donors (Lipinski definition) is 0. The third-order valence-electron chi connectivity index (χ3n) is 3.57. The molecule has 2 aromatic rings. The van der Waals surface area contributed by atoms with Gasteiger partial charge in [0.1, 0.15) is 5.75 Å². The van der Waals surface area contributed by atoms with E-state index in [1.165, 1.54) is 11.1 Å². The number of para-hydroxylation sites is 1. The molecule has 0 saturated heterocycles. The minimum absolute atomic E-state index is 0.135. The molecule has 0 radical (unpaired) electrons. The summed E-state index contributed by atoms with van der Waals surface area (Å²) in [6, 6.07) is 17.7. The maximum atomic E-state index is 11.9. The van der Waals surface area contributed by atoms with Crippen LogP contribution in [0.25, 0.3) is 0 Å². The summed E-state index contributed by atoms with van der Waals surface area (Å²) in [7, 11) is 0. The lowest BCUT2D eigenvalue weighted by Crippen LogP contribution is -2.14. The van der Waals surface area contributed by atoms with Gasteiger partial charge in [-0.3, -0.25) is 4.79 Å². The van der Waals surface area contributed by atoms with Crippen LogP contribution in [0, 0.1) is 5.92 Å². The lowest BCUT2D eigenvalue weighted by molar-refractivity contribution is -0.135. The van der Waals surface area contributed by atoms with E-state index in [-0.39, 0.29) is 5.97 Å². The number of rotatable bonds is 3. The number of esters is 1. The van der Waals surface area contributed by atoms with Crippen LogP contribution in [0.3, 0.4) is 0 Å². The van der Waals surface area contributed by atoms with Gasteiger partial charge in [0.05, 0.1) is 0 Å². The second-order valence-electron chi connectivity index (χ2n) is 5.03. The van der Waals surface area contributed by atoms with E-state index in [1.807, 2.05) is 18.2 Å². The summed E-state index contributed by atoms with van der Waals surface area (Å²) in [6.45, 7) is 0. The lowest BCUT2D eigenvalue weighted by atomic mass is 10.0. The fraction of sp³-hybridized carbons (Fsp3) is 0.235. The summed E-state index contributed by atoms with van der Waals surface area (Å²) in [5.41, 5.74) is 2.75. The quantitative estimate of drug-likeness (QED) is 0.618. The van der Waals surface area contributed by atoms with E-state index in [1.54, 1.807) is 12.1 Å². The van der Waals surface area contributed by atoms with Crippen molar-refractivity contribution < 1.29 is 9.53 Å². The first kappa shape index (κ1) is 12.0. The van der Waals surface area contributed by atoms with Crippen molar-refractivity contribution in [2.45, 2.75) is 19.3 Å². The van der Waals surface area contributed by atoms with Gasteiger partial charge < -0.3 is 4.74 Å². The van der Waals surface area contributed by atoms with Gasteiger partial charge in [0.25, 0.3) is 0 Å². The zero-order chi connectivity index (χ0) is 13.1.